The second kappa shape index (κ2) is 8.37. The summed E-state index contributed by atoms with van der Waals surface area (Å²) in [4.78, 5) is 15.7. The molecule has 5 rings (SSSR count). The second-order valence-electron chi connectivity index (χ2n) is 9.00. The highest BCUT2D eigenvalue weighted by Gasteiger charge is 2.43. The molecule has 0 unspecified atom stereocenters. The first kappa shape index (κ1) is 20.7. The number of anilines is 2. The minimum absolute atomic E-state index is 0.0769. The molecule has 0 radical (unpaired) electrons. The summed E-state index contributed by atoms with van der Waals surface area (Å²) in [6.07, 6.45) is 3.99. The van der Waals surface area contributed by atoms with Gasteiger partial charge in [-0.15, -0.1) is 5.10 Å². The van der Waals surface area contributed by atoms with Gasteiger partial charge in [0.25, 0.3) is 0 Å². The first-order valence-corrected chi connectivity index (χ1v) is 11.2. The molecular formula is C23H28FN7O. The molecule has 0 spiro atoms. The number of ether oxygens (including phenoxy) is 1. The lowest BCUT2D eigenvalue weighted by Gasteiger charge is -2.38. The molecule has 2 aliphatic rings. The smallest absolute Gasteiger partial charge is 0.322 e. The van der Waals surface area contributed by atoms with E-state index in [4.69, 9.17) is 4.74 Å². The molecule has 0 amide bonds. The van der Waals surface area contributed by atoms with Crippen LogP contribution in [0.3, 0.4) is 0 Å². The number of nitrogens with one attached hydrogen (secondary N) is 1. The van der Waals surface area contributed by atoms with Gasteiger partial charge >= 0.3 is 6.01 Å². The maximum absolute atomic E-state index is 13.2. The van der Waals surface area contributed by atoms with Gasteiger partial charge in [0.15, 0.2) is 0 Å². The van der Waals surface area contributed by atoms with Crippen LogP contribution in [-0.2, 0) is 0 Å². The molecule has 3 atom stereocenters. The minimum Gasteiger partial charge on any atom is -0.424 e. The summed E-state index contributed by atoms with van der Waals surface area (Å²) in [5, 5.41) is 8.26. The third kappa shape index (κ3) is 4.11. The average Bonchev–Trinajstić information content (AvgIpc) is 3.26. The van der Waals surface area contributed by atoms with Crippen LogP contribution in [0.15, 0.2) is 36.7 Å². The fraction of sp³-hybridized carbons (Fsp3) is 0.478. The van der Waals surface area contributed by atoms with Crippen molar-refractivity contribution in [3.05, 3.63) is 48.2 Å². The zero-order valence-electron chi connectivity index (χ0n) is 18.6. The summed E-state index contributed by atoms with van der Waals surface area (Å²) in [6.45, 7) is 7.96. The number of halogens is 1. The van der Waals surface area contributed by atoms with Crippen LogP contribution in [0.25, 0.3) is 0 Å². The summed E-state index contributed by atoms with van der Waals surface area (Å²) in [5.41, 5.74) is 0.986. The zero-order chi connectivity index (χ0) is 22.2. The molecule has 8 nitrogen and oxygen atoms in total. The molecule has 1 aliphatic carbocycles. The van der Waals surface area contributed by atoms with E-state index in [0.29, 0.717) is 35.6 Å². The number of hydrogen-bond acceptors (Lipinski definition) is 7. The van der Waals surface area contributed by atoms with Crippen molar-refractivity contribution in [3.8, 4) is 11.8 Å². The van der Waals surface area contributed by atoms with Crippen molar-refractivity contribution in [2.75, 3.05) is 23.3 Å². The number of benzene rings is 1. The largest absolute Gasteiger partial charge is 0.424 e. The molecule has 32 heavy (non-hydrogen) atoms. The Morgan fingerprint density at radius 2 is 1.81 bits per heavy atom. The van der Waals surface area contributed by atoms with Crippen LogP contribution in [-0.4, -0.2) is 43.9 Å². The fourth-order valence-corrected chi connectivity index (χ4v) is 4.79. The quantitative estimate of drug-likeness (QED) is 0.618. The van der Waals surface area contributed by atoms with E-state index in [-0.39, 0.29) is 11.9 Å². The molecule has 1 saturated carbocycles. The number of hydrogen-bond donors (Lipinski definition) is 1. The monoisotopic (exact) mass is 437 g/mol. The van der Waals surface area contributed by atoms with E-state index < -0.39 is 0 Å². The van der Waals surface area contributed by atoms with Gasteiger partial charge in [0.2, 0.25) is 5.95 Å². The Labute approximate surface area is 186 Å². The van der Waals surface area contributed by atoms with Crippen LogP contribution in [0.1, 0.15) is 38.4 Å². The Hall–Kier alpha value is -3.23. The molecule has 9 heteroatoms. The van der Waals surface area contributed by atoms with Crippen molar-refractivity contribution in [2.24, 2.45) is 11.8 Å². The number of rotatable bonds is 6. The highest BCUT2D eigenvalue weighted by Crippen LogP contribution is 2.40. The molecule has 1 aromatic carbocycles. The van der Waals surface area contributed by atoms with Gasteiger partial charge in [0.1, 0.15) is 23.7 Å². The summed E-state index contributed by atoms with van der Waals surface area (Å²) in [7, 11) is 0. The van der Waals surface area contributed by atoms with E-state index in [1.165, 1.54) is 25.0 Å². The van der Waals surface area contributed by atoms with Crippen LogP contribution in [0.2, 0.25) is 0 Å². The standard InChI is InChI=1S/C23H28FN7O/c1-14(2)31-23(32-19-8-6-18(24)7-9-19)28-22(29-31)27-21-16-4-5-17(21)12-30(11-16)20-10-15(3)25-13-26-20/h6-10,13-14,16-17,21H,4-5,11-12H2,1-3H3,(H,27,29)/t16-,17+,21-. The van der Waals surface area contributed by atoms with Crippen LogP contribution in [0, 0.1) is 24.6 Å². The lowest BCUT2D eigenvalue weighted by molar-refractivity contribution is 0.373. The fourth-order valence-electron chi connectivity index (χ4n) is 4.79. The van der Waals surface area contributed by atoms with Crippen molar-refractivity contribution < 1.29 is 9.13 Å². The zero-order valence-corrected chi connectivity index (χ0v) is 18.6. The Bertz CT molecular complexity index is 1070. The van der Waals surface area contributed by atoms with Gasteiger partial charge in [-0.1, -0.05) is 0 Å². The van der Waals surface area contributed by atoms with Crippen LogP contribution < -0.4 is 15.0 Å². The van der Waals surface area contributed by atoms with E-state index in [9.17, 15) is 4.39 Å². The molecule has 1 N–H and O–H groups in total. The van der Waals surface area contributed by atoms with Gasteiger partial charge in [-0.05, 0) is 69.7 Å². The van der Waals surface area contributed by atoms with Gasteiger partial charge in [-0.25, -0.2) is 19.0 Å². The van der Waals surface area contributed by atoms with Crippen LogP contribution >= 0.6 is 0 Å². The SMILES string of the molecule is Cc1cc(N2C[C@H]3CC[C@@H](C2)[C@@H]3Nc2nc(Oc3ccc(F)cc3)n(C(C)C)n2)ncn1. The normalized spacial score (nSPS) is 22.4. The number of aromatic nitrogens is 5. The first-order valence-electron chi connectivity index (χ1n) is 11.2. The summed E-state index contributed by atoms with van der Waals surface area (Å²) < 4.78 is 20.9. The minimum atomic E-state index is -0.302. The van der Waals surface area contributed by atoms with Crippen molar-refractivity contribution in [1.82, 2.24) is 24.7 Å². The van der Waals surface area contributed by atoms with Gasteiger partial charge in [0, 0.05) is 30.9 Å². The number of aryl methyl sites for hydroxylation is 1. The summed E-state index contributed by atoms with van der Waals surface area (Å²) in [6, 6.07) is 8.76. The number of piperidine rings is 1. The first-order chi connectivity index (χ1) is 15.5. The molecule has 3 heterocycles. The van der Waals surface area contributed by atoms with E-state index >= 15 is 0 Å². The van der Waals surface area contributed by atoms with Crippen molar-refractivity contribution >= 4 is 11.8 Å². The lowest BCUT2D eigenvalue weighted by Crippen LogP contribution is -2.48. The Balaban J connectivity index is 1.31. The topological polar surface area (TPSA) is 81.0 Å². The maximum atomic E-state index is 13.2. The molecule has 168 valence electrons. The van der Waals surface area contributed by atoms with Gasteiger partial charge < -0.3 is 15.0 Å². The molecule has 3 aromatic rings. The van der Waals surface area contributed by atoms with Gasteiger partial charge in [-0.2, -0.15) is 4.98 Å². The Morgan fingerprint density at radius 3 is 2.47 bits per heavy atom. The second-order valence-corrected chi connectivity index (χ2v) is 9.00. The van der Waals surface area contributed by atoms with E-state index in [1.807, 2.05) is 20.8 Å². The van der Waals surface area contributed by atoms with Crippen molar-refractivity contribution in [3.63, 3.8) is 0 Å². The summed E-state index contributed by atoms with van der Waals surface area (Å²) in [5.74, 6) is 2.80. The highest BCUT2D eigenvalue weighted by atomic mass is 19.1. The molecule has 1 aliphatic heterocycles. The Morgan fingerprint density at radius 1 is 1.09 bits per heavy atom. The predicted octanol–water partition coefficient (Wildman–Crippen LogP) is 4.22. The van der Waals surface area contributed by atoms with E-state index in [1.54, 1.807) is 23.1 Å². The third-order valence-corrected chi connectivity index (χ3v) is 6.35. The molecule has 2 fully saturated rings. The van der Waals surface area contributed by atoms with Crippen LogP contribution in [0.5, 0.6) is 11.8 Å². The average molecular weight is 438 g/mol. The Kier molecular flexibility index (Phi) is 5.40. The van der Waals surface area contributed by atoms with Crippen LogP contribution in [0.4, 0.5) is 16.2 Å². The third-order valence-electron chi connectivity index (χ3n) is 6.35. The van der Waals surface area contributed by atoms with Gasteiger partial charge in [0.05, 0.1) is 6.04 Å². The summed E-state index contributed by atoms with van der Waals surface area (Å²) >= 11 is 0. The van der Waals surface area contributed by atoms with Crippen molar-refractivity contribution in [2.45, 2.75) is 45.7 Å². The highest BCUT2D eigenvalue weighted by molar-refractivity contribution is 5.42. The number of fused-ring (bicyclic) bond motifs is 2. The molecule has 2 bridgehead atoms. The number of nitrogens with zero attached hydrogens (tertiary/aromatic N) is 6. The molecule has 2 aromatic heterocycles. The van der Waals surface area contributed by atoms with E-state index in [2.05, 4.69) is 36.3 Å². The lowest BCUT2D eigenvalue weighted by atomic mass is 9.92. The van der Waals surface area contributed by atoms with Crippen molar-refractivity contribution in [1.29, 1.82) is 0 Å². The molecule has 1 saturated heterocycles. The predicted molar refractivity (Wildman–Crippen MR) is 119 cm³/mol. The van der Waals surface area contributed by atoms with E-state index in [0.717, 1.165) is 24.6 Å². The molecular weight excluding hydrogens is 409 g/mol. The maximum Gasteiger partial charge on any atom is 0.322 e. The van der Waals surface area contributed by atoms with Gasteiger partial charge in [-0.3, -0.25) is 0 Å².